The van der Waals surface area contributed by atoms with E-state index in [1.807, 2.05) is 25.1 Å². The Balaban J connectivity index is 1.60. The summed E-state index contributed by atoms with van der Waals surface area (Å²) in [5, 5.41) is 0.903. The molecule has 2 aromatic rings. The van der Waals surface area contributed by atoms with Crippen molar-refractivity contribution in [2.24, 2.45) is 0 Å². The number of rotatable bonds is 6. The first kappa shape index (κ1) is 15.1. The average molecular weight is 303 g/mol. The first-order valence-electron chi connectivity index (χ1n) is 7.76. The zero-order chi connectivity index (χ0) is 15.4. The molecule has 0 spiro atoms. The van der Waals surface area contributed by atoms with Crippen LogP contribution in [0.25, 0.3) is 11.0 Å². The highest BCUT2D eigenvalue weighted by Crippen LogP contribution is 2.25. The molecule has 1 aliphatic heterocycles. The number of nitrogens with zero attached hydrogens (tertiary/aromatic N) is 1. The molecule has 0 amide bonds. The lowest BCUT2D eigenvalue weighted by molar-refractivity contribution is 0.0322. The zero-order valence-corrected chi connectivity index (χ0v) is 12.8. The third-order valence-corrected chi connectivity index (χ3v) is 3.86. The molecule has 0 aliphatic carbocycles. The van der Waals surface area contributed by atoms with Crippen LogP contribution in [0.5, 0.6) is 5.75 Å². The lowest BCUT2D eigenvalue weighted by Crippen LogP contribution is -2.38. The lowest BCUT2D eigenvalue weighted by Gasteiger charge is -2.26. The van der Waals surface area contributed by atoms with Crippen molar-refractivity contribution >= 4 is 16.8 Å². The van der Waals surface area contributed by atoms with Crippen LogP contribution in [-0.2, 0) is 4.74 Å². The van der Waals surface area contributed by atoms with E-state index in [0.29, 0.717) is 18.8 Å². The second-order valence-corrected chi connectivity index (χ2v) is 5.39. The summed E-state index contributed by atoms with van der Waals surface area (Å²) in [4.78, 5) is 14.0. The number of morpholine rings is 1. The van der Waals surface area contributed by atoms with E-state index in [-0.39, 0.29) is 5.78 Å². The van der Waals surface area contributed by atoms with Crippen molar-refractivity contribution in [1.29, 1.82) is 0 Å². The Labute approximate surface area is 129 Å². The highest BCUT2D eigenvalue weighted by atomic mass is 16.5. The number of benzene rings is 1. The molecule has 118 valence electrons. The maximum atomic E-state index is 11.7. The Bertz CT molecular complexity index is 643. The van der Waals surface area contributed by atoms with Gasteiger partial charge in [-0.15, -0.1) is 0 Å². The van der Waals surface area contributed by atoms with E-state index < -0.39 is 0 Å². The number of carbonyl (C=O) groups excluding carboxylic acids is 1. The van der Waals surface area contributed by atoms with Crippen molar-refractivity contribution in [3.8, 4) is 5.75 Å². The van der Waals surface area contributed by atoms with Crippen LogP contribution >= 0.6 is 0 Å². The monoisotopic (exact) mass is 303 g/mol. The van der Waals surface area contributed by atoms with Gasteiger partial charge in [-0.05, 0) is 24.3 Å². The zero-order valence-electron chi connectivity index (χ0n) is 12.8. The molecular formula is C17H21NO4. The lowest BCUT2D eigenvalue weighted by atomic mass is 10.2. The Hall–Kier alpha value is -1.85. The van der Waals surface area contributed by atoms with E-state index in [2.05, 4.69) is 4.90 Å². The first-order chi connectivity index (χ1) is 10.8. The molecule has 5 heteroatoms. The molecule has 1 aliphatic rings. The average Bonchev–Trinajstić information content (AvgIpc) is 2.98. The van der Waals surface area contributed by atoms with E-state index >= 15 is 0 Å². The quantitative estimate of drug-likeness (QED) is 0.768. The Morgan fingerprint density at radius 3 is 2.86 bits per heavy atom. The highest BCUT2D eigenvalue weighted by molar-refractivity contribution is 5.97. The van der Waals surface area contributed by atoms with Crippen molar-refractivity contribution in [1.82, 2.24) is 4.90 Å². The van der Waals surface area contributed by atoms with Crippen LogP contribution in [0.4, 0.5) is 0 Å². The maximum absolute atomic E-state index is 11.7. The fourth-order valence-corrected chi connectivity index (χ4v) is 2.54. The van der Waals surface area contributed by atoms with Gasteiger partial charge in [0.05, 0.1) is 13.2 Å². The van der Waals surface area contributed by atoms with Crippen LogP contribution in [0, 0.1) is 0 Å². The summed E-state index contributed by atoms with van der Waals surface area (Å²) < 4.78 is 16.7. The Morgan fingerprint density at radius 2 is 2.09 bits per heavy atom. The van der Waals surface area contributed by atoms with E-state index in [9.17, 15) is 4.79 Å². The van der Waals surface area contributed by atoms with Crippen LogP contribution < -0.4 is 4.74 Å². The minimum absolute atomic E-state index is 0.0194. The van der Waals surface area contributed by atoms with E-state index in [1.165, 1.54) is 0 Å². The smallest absolute Gasteiger partial charge is 0.197 e. The molecule has 1 fully saturated rings. The molecule has 22 heavy (non-hydrogen) atoms. The number of ether oxygens (including phenoxy) is 2. The van der Waals surface area contributed by atoms with E-state index in [1.54, 1.807) is 6.07 Å². The van der Waals surface area contributed by atoms with Crippen LogP contribution in [-0.4, -0.2) is 50.1 Å². The van der Waals surface area contributed by atoms with Gasteiger partial charge in [-0.25, -0.2) is 0 Å². The van der Waals surface area contributed by atoms with E-state index in [0.717, 1.165) is 49.6 Å². The largest absolute Gasteiger partial charge is 0.492 e. The predicted octanol–water partition coefficient (Wildman–Crippen LogP) is 2.74. The molecule has 0 N–H and O–H groups in total. The number of hydrogen-bond donors (Lipinski definition) is 0. The molecule has 3 rings (SSSR count). The molecule has 0 bridgehead atoms. The highest BCUT2D eigenvalue weighted by Gasteiger charge is 2.12. The Morgan fingerprint density at radius 1 is 1.27 bits per heavy atom. The van der Waals surface area contributed by atoms with Gasteiger partial charge in [0.25, 0.3) is 0 Å². The van der Waals surface area contributed by atoms with E-state index in [4.69, 9.17) is 13.9 Å². The number of carbonyl (C=O) groups is 1. The molecule has 0 atom stereocenters. The van der Waals surface area contributed by atoms with Gasteiger partial charge in [0.15, 0.2) is 11.5 Å². The van der Waals surface area contributed by atoms with Crippen molar-refractivity contribution < 1.29 is 18.7 Å². The summed E-state index contributed by atoms with van der Waals surface area (Å²) in [6.07, 6.45) is 0.447. The van der Waals surface area contributed by atoms with Gasteiger partial charge in [0, 0.05) is 31.4 Å². The second kappa shape index (κ2) is 6.94. The number of Topliss-reactive ketones (excluding diaryl/α,β-unsaturated/α-hetero) is 1. The Kier molecular flexibility index (Phi) is 4.75. The summed E-state index contributed by atoms with van der Waals surface area (Å²) in [7, 11) is 0. The summed E-state index contributed by atoms with van der Waals surface area (Å²) in [6.45, 7) is 6.90. The number of furan rings is 1. The van der Waals surface area contributed by atoms with Gasteiger partial charge in [0.1, 0.15) is 17.9 Å². The van der Waals surface area contributed by atoms with Gasteiger partial charge in [-0.1, -0.05) is 6.92 Å². The molecule has 0 saturated carbocycles. The van der Waals surface area contributed by atoms with Crippen LogP contribution in [0.1, 0.15) is 23.9 Å². The minimum atomic E-state index is 0.0194. The molecule has 5 nitrogen and oxygen atoms in total. The summed E-state index contributed by atoms with van der Waals surface area (Å²) in [5.74, 6) is 1.24. The molecule has 0 unspecified atom stereocenters. The normalized spacial score (nSPS) is 16.0. The maximum Gasteiger partial charge on any atom is 0.197 e. The molecule has 1 aromatic carbocycles. The van der Waals surface area contributed by atoms with Crippen LogP contribution in [0.3, 0.4) is 0 Å². The second-order valence-electron chi connectivity index (χ2n) is 5.39. The summed E-state index contributed by atoms with van der Waals surface area (Å²) in [6, 6.07) is 7.44. The summed E-state index contributed by atoms with van der Waals surface area (Å²) in [5.41, 5.74) is 0.720. The van der Waals surface area contributed by atoms with Gasteiger partial charge >= 0.3 is 0 Å². The first-order valence-corrected chi connectivity index (χ1v) is 7.76. The van der Waals surface area contributed by atoms with Gasteiger partial charge < -0.3 is 13.9 Å². The molecule has 1 aromatic heterocycles. The van der Waals surface area contributed by atoms with Gasteiger partial charge in [-0.2, -0.15) is 0 Å². The van der Waals surface area contributed by atoms with Gasteiger partial charge in [0.2, 0.25) is 0 Å². The van der Waals surface area contributed by atoms with Crippen molar-refractivity contribution in [3.05, 3.63) is 30.0 Å². The molecule has 0 radical (unpaired) electrons. The topological polar surface area (TPSA) is 51.9 Å². The predicted molar refractivity (Wildman–Crippen MR) is 83.6 cm³/mol. The third-order valence-electron chi connectivity index (χ3n) is 3.86. The van der Waals surface area contributed by atoms with Crippen molar-refractivity contribution in [2.45, 2.75) is 13.3 Å². The fourth-order valence-electron chi connectivity index (χ4n) is 2.54. The fraction of sp³-hybridized carbons (Fsp3) is 0.471. The number of fused-ring (bicyclic) bond motifs is 1. The third kappa shape index (κ3) is 3.48. The number of ketones is 1. The van der Waals surface area contributed by atoms with Crippen LogP contribution in [0.15, 0.2) is 28.7 Å². The molecule has 1 saturated heterocycles. The van der Waals surface area contributed by atoms with Crippen molar-refractivity contribution in [3.63, 3.8) is 0 Å². The number of hydrogen-bond acceptors (Lipinski definition) is 5. The molecular weight excluding hydrogens is 282 g/mol. The minimum Gasteiger partial charge on any atom is -0.492 e. The SMILES string of the molecule is CCC(=O)c1cc2cc(OCCN3CCOCC3)ccc2o1. The van der Waals surface area contributed by atoms with Crippen LogP contribution in [0.2, 0.25) is 0 Å². The molecule has 2 heterocycles. The van der Waals surface area contributed by atoms with Crippen molar-refractivity contribution in [2.75, 3.05) is 39.5 Å². The van der Waals surface area contributed by atoms with Gasteiger partial charge in [-0.3, -0.25) is 9.69 Å². The summed E-state index contributed by atoms with van der Waals surface area (Å²) >= 11 is 0. The standard InChI is InChI=1S/C17H21NO4/c1-2-15(19)17-12-13-11-14(3-4-16(13)22-17)21-10-7-18-5-8-20-9-6-18/h3-4,11-12H,2,5-10H2,1H3.